The van der Waals surface area contributed by atoms with Crippen LogP contribution in [0.1, 0.15) is 0 Å². The van der Waals surface area contributed by atoms with Gasteiger partial charge in [0.25, 0.3) is 0 Å². The van der Waals surface area contributed by atoms with Gasteiger partial charge in [-0.25, -0.2) is 0 Å². The van der Waals surface area contributed by atoms with E-state index in [1.807, 2.05) is 24.3 Å². The van der Waals surface area contributed by atoms with Gasteiger partial charge < -0.3 is 0 Å². The van der Waals surface area contributed by atoms with E-state index in [1.54, 1.807) is 12.4 Å². The zero-order valence-electron chi connectivity index (χ0n) is 5.36. The number of rotatable bonds is 0. The molecule has 1 heterocycles. The van der Waals surface area contributed by atoms with E-state index in [9.17, 15) is 0 Å². The molecule has 1 aliphatic heterocycles. The molecule has 0 fully saturated rings. The van der Waals surface area contributed by atoms with Crippen molar-refractivity contribution in [3.05, 3.63) is 24.3 Å². The lowest BCUT2D eigenvalue weighted by atomic mass is 10.2. The summed E-state index contributed by atoms with van der Waals surface area (Å²) in [7, 11) is 0. The molecule has 0 aliphatic carbocycles. The van der Waals surface area contributed by atoms with E-state index in [4.69, 9.17) is 0 Å². The zero-order valence-corrected chi connectivity index (χ0v) is 5.36. The van der Waals surface area contributed by atoms with Crippen molar-refractivity contribution in [2.24, 2.45) is 0 Å². The first-order valence-electron chi connectivity index (χ1n) is 3.12. The van der Waals surface area contributed by atoms with Crippen molar-refractivity contribution in [3.8, 4) is 0 Å². The van der Waals surface area contributed by atoms with Gasteiger partial charge in [-0.15, -0.1) is 0 Å². The Morgan fingerprint density at radius 3 is 1.80 bits per heavy atom. The van der Waals surface area contributed by atoms with E-state index in [0.29, 0.717) is 0 Å². The Kier molecular flexibility index (Phi) is 1.10. The van der Waals surface area contributed by atoms with E-state index in [0.717, 1.165) is 11.4 Å². The van der Waals surface area contributed by atoms with Crippen molar-refractivity contribution >= 4 is 23.8 Å². The van der Waals surface area contributed by atoms with Crippen LogP contribution in [0.3, 0.4) is 0 Å². The lowest BCUT2D eigenvalue weighted by Gasteiger charge is -1.79. The minimum absolute atomic E-state index is 0.949. The molecule has 2 heteroatoms. The van der Waals surface area contributed by atoms with Crippen LogP contribution in [0.4, 0.5) is 11.4 Å². The largest absolute Gasteiger partial charge is 0.354 e. The van der Waals surface area contributed by atoms with Gasteiger partial charge in [0.05, 0.1) is 9.98 Å². The molecule has 1 aromatic rings. The van der Waals surface area contributed by atoms with Gasteiger partial charge in [0, 0.05) is 12.1 Å². The molecule has 2 rings (SSSR count). The normalized spacial score (nSPS) is 13.2. The quantitative estimate of drug-likeness (QED) is 0.496. The van der Waals surface area contributed by atoms with Crippen LogP contribution in [0, 0.1) is 0 Å². The molecule has 1 aromatic carbocycles. The molecule has 1 aliphatic rings. The smallest absolute Gasteiger partial charge is 0.0549 e. The van der Waals surface area contributed by atoms with Crippen molar-refractivity contribution in [2.75, 3.05) is 0 Å². The summed E-state index contributed by atoms with van der Waals surface area (Å²) >= 11 is 0. The lowest BCUT2D eigenvalue weighted by Crippen LogP contribution is -1.99. The zero-order chi connectivity index (χ0) is 6.81. The fraction of sp³-hybridized carbons (Fsp3) is 0. The predicted octanol–water partition coefficient (Wildman–Crippen LogP) is 0.776. The number of hydrogen-bond acceptors (Lipinski definition) is 2. The van der Waals surface area contributed by atoms with E-state index in [2.05, 4.69) is 9.98 Å². The van der Waals surface area contributed by atoms with Crippen molar-refractivity contribution < 1.29 is 0 Å². The average molecular weight is 130 g/mol. The van der Waals surface area contributed by atoms with Gasteiger partial charge in [-0.3, -0.25) is 0 Å². The van der Waals surface area contributed by atoms with Crippen molar-refractivity contribution in [1.82, 2.24) is 9.98 Å². The Morgan fingerprint density at radius 1 is 0.800 bits per heavy atom. The Balaban J connectivity index is 2.65. The summed E-state index contributed by atoms with van der Waals surface area (Å²) in [5, 5.41) is 0. The highest BCUT2D eigenvalue weighted by Crippen LogP contribution is 2.18. The van der Waals surface area contributed by atoms with Gasteiger partial charge in [-0.1, -0.05) is 12.1 Å². The molecule has 0 N–H and O–H groups in total. The first-order valence-corrected chi connectivity index (χ1v) is 3.12. The predicted molar refractivity (Wildman–Crippen MR) is 42.2 cm³/mol. The lowest BCUT2D eigenvalue weighted by molar-refractivity contribution is 1.29. The third kappa shape index (κ3) is 0.739. The molecule has 2 nitrogen and oxygen atoms in total. The van der Waals surface area contributed by atoms with Crippen molar-refractivity contribution in [2.45, 2.75) is 0 Å². The highest BCUT2D eigenvalue weighted by molar-refractivity contribution is 6.17. The standard InChI is InChI=1S/C8H6N2/c1-2-4-8-7(3-1)9-5-6-10-8/h1-6H/q+2. The number of para-hydroxylation sites is 2. The van der Waals surface area contributed by atoms with Gasteiger partial charge in [0.15, 0.2) is 0 Å². The summed E-state index contributed by atoms with van der Waals surface area (Å²) < 4.78 is 0. The van der Waals surface area contributed by atoms with Crippen LogP contribution >= 0.6 is 0 Å². The Labute approximate surface area is 58.9 Å². The van der Waals surface area contributed by atoms with E-state index < -0.39 is 0 Å². The fourth-order valence-electron chi connectivity index (χ4n) is 0.910. The van der Waals surface area contributed by atoms with Crippen LogP contribution in [0.5, 0.6) is 0 Å². The van der Waals surface area contributed by atoms with Gasteiger partial charge in [0.2, 0.25) is 0 Å². The third-order valence-electron chi connectivity index (χ3n) is 1.38. The van der Waals surface area contributed by atoms with E-state index in [1.165, 1.54) is 0 Å². The summed E-state index contributed by atoms with van der Waals surface area (Å²) in [6.45, 7) is 0. The van der Waals surface area contributed by atoms with Crippen LogP contribution in [-0.4, -0.2) is 12.4 Å². The topological polar surface area (TPSA) is 28.2 Å². The molecule has 0 bridgehead atoms. The van der Waals surface area contributed by atoms with Gasteiger partial charge in [-0.2, -0.15) is 0 Å². The first-order chi connectivity index (χ1) is 4.97. The monoisotopic (exact) mass is 130 g/mol. The maximum atomic E-state index is 4.12. The fourth-order valence-corrected chi connectivity index (χ4v) is 0.910. The van der Waals surface area contributed by atoms with Crippen LogP contribution in [0.2, 0.25) is 0 Å². The molecule has 2 radical (unpaired) electrons. The number of aliphatic imine (C=N–C) groups is 2. The first kappa shape index (κ1) is 5.35. The Hall–Kier alpha value is -1.44. The molecule has 0 unspecified atom stereocenters. The number of fused-ring (bicyclic) bond motifs is 1. The summed E-state index contributed by atoms with van der Waals surface area (Å²) in [4.78, 5) is 8.24. The number of benzene rings is 1. The molecule has 46 valence electrons. The highest BCUT2D eigenvalue weighted by atomic mass is 14.9. The maximum Gasteiger partial charge on any atom is 0.354 e. The molecular formula is C8H6N2+2. The minimum Gasteiger partial charge on any atom is -0.0549 e. The molecule has 0 saturated heterocycles. The molecule has 10 heavy (non-hydrogen) atoms. The molecule has 0 saturated carbocycles. The highest BCUT2D eigenvalue weighted by Gasteiger charge is 2.21. The van der Waals surface area contributed by atoms with Gasteiger partial charge in [-0.05, 0) is 0 Å². The minimum atomic E-state index is 0.949. The summed E-state index contributed by atoms with van der Waals surface area (Å²) in [6, 6.07) is 7.80. The molecule has 0 aromatic heterocycles. The second-order valence-corrected chi connectivity index (χ2v) is 2.05. The van der Waals surface area contributed by atoms with Crippen molar-refractivity contribution in [3.63, 3.8) is 0 Å². The molecule has 0 atom stereocenters. The summed E-state index contributed by atoms with van der Waals surface area (Å²) in [5.41, 5.74) is 1.90. The Bertz CT molecular complexity index is 269. The summed E-state index contributed by atoms with van der Waals surface area (Å²) in [6.07, 6.45) is 3.39. The van der Waals surface area contributed by atoms with E-state index >= 15 is 0 Å². The average Bonchev–Trinajstić information content (AvgIpc) is 2.05. The van der Waals surface area contributed by atoms with Crippen LogP contribution in [0.25, 0.3) is 0 Å². The van der Waals surface area contributed by atoms with E-state index in [-0.39, 0.29) is 0 Å². The molecular weight excluding hydrogens is 124 g/mol. The summed E-state index contributed by atoms with van der Waals surface area (Å²) in [5.74, 6) is 0. The van der Waals surface area contributed by atoms with Gasteiger partial charge >= 0.3 is 23.8 Å². The van der Waals surface area contributed by atoms with Crippen molar-refractivity contribution in [1.29, 1.82) is 0 Å². The van der Waals surface area contributed by atoms with Crippen LogP contribution in [0.15, 0.2) is 24.3 Å². The van der Waals surface area contributed by atoms with Gasteiger partial charge in [0.1, 0.15) is 0 Å². The second kappa shape index (κ2) is 2.06. The maximum absolute atomic E-state index is 4.12. The number of nitrogens with zero attached hydrogens (tertiary/aromatic N) is 2. The SMILES string of the molecule is C1=[N+]c2ccccc2[N+]=C1. The Morgan fingerprint density at radius 2 is 1.30 bits per heavy atom. The molecule has 0 spiro atoms. The van der Waals surface area contributed by atoms with Crippen LogP contribution < -0.4 is 9.98 Å². The second-order valence-electron chi connectivity index (χ2n) is 2.05. The number of hydrogen-bond donors (Lipinski definition) is 0. The third-order valence-corrected chi connectivity index (χ3v) is 1.38. The molecule has 0 amide bonds. The van der Waals surface area contributed by atoms with Crippen LogP contribution in [-0.2, 0) is 0 Å².